The Balaban J connectivity index is 2.31. The third kappa shape index (κ3) is 1.51. The zero-order valence-electron chi connectivity index (χ0n) is 9.08. The average molecular weight is 193 g/mol. The predicted molar refractivity (Wildman–Crippen MR) is 58.1 cm³/mol. The van der Waals surface area contributed by atoms with E-state index in [4.69, 9.17) is 5.73 Å². The van der Waals surface area contributed by atoms with E-state index in [2.05, 4.69) is 23.4 Å². The highest BCUT2D eigenvalue weighted by atomic mass is 15.1. The first-order valence-electron chi connectivity index (χ1n) is 5.56. The second kappa shape index (κ2) is 3.64. The Hall–Kier alpha value is -0.990. The van der Waals surface area contributed by atoms with E-state index in [1.54, 1.807) is 0 Å². The summed E-state index contributed by atoms with van der Waals surface area (Å²) in [5.41, 5.74) is 7.16. The minimum absolute atomic E-state index is 0.763. The van der Waals surface area contributed by atoms with Gasteiger partial charge in [-0.2, -0.15) is 0 Å². The lowest BCUT2D eigenvalue weighted by molar-refractivity contribution is 0.412. The quantitative estimate of drug-likeness (QED) is 0.780. The largest absolute Gasteiger partial charge is 0.384 e. The Morgan fingerprint density at radius 1 is 1.57 bits per heavy atom. The first-order valence-corrected chi connectivity index (χ1v) is 5.56. The van der Waals surface area contributed by atoms with Crippen LogP contribution in [0.15, 0.2) is 0 Å². The summed E-state index contributed by atoms with van der Waals surface area (Å²) in [4.78, 5) is 4.63. The molecule has 0 aliphatic carbocycles. The van der Waals surface area contributed by atoms with Gasteiger partial charge in [-0.3, -0.25) is 0 Å². The van der Waals surface area contributed by atoms with Crippen molar-refractivity contribution in [2.24, 2.45) is 5.92 Å². The molecule has 0 fully saturated rings. The van der Waals surface area contributed by atoms with Crippen LogP contribution in [0.25, 0.3) is 0 Å². The Bertz CT molecular complexity index is 328. The Kier molecular flexibility index (Phi) is 2.48. The lowest BCUT2D eigenvalue weighted by Gasteiger charge is -2.20. The normalized spacial score (nSPS) is 20.9. The number of nitrogens with two attached hydrogens (primary N) is 1. The van der Waals surface area contributed by atoms with Crippen molar-refractivity contribution < 1.29 is 0 Å². The van der Waals surface area contributed by atoms with Crippen LogP contribution < -0.4 is 5.73 Å². The zero-order chi connectivity index (χ0) is 10.1. The van der Waals surface area contributed by atoms with Gasteiger partial charge in [0.25, 0.3) is 0 Å². The molecule has 0 spiro atoms. The van der Waals surface area contributed by atoms with Crippen LogP contribution in [0, 0.1) is 5.92 Å². The highest BCUT2D eigenvalue weighted by Gasteiger charge is 2.20. The number of imidazole rings is 1. The third-order valence-corrected chi connectivity index (χ3v) is 3.03. The van der Waals surface area contributed by atoms with E-state index in [0.29, 0.717) is 0 Å². The van der Waals surface area contributed by atoms with Gasteiger partial charge in [-0.15, -0.1) is 0 Å². The molecule has 0 aromatic carbocycles. The number of hydrogen-bond acceptors (Lipinski definition) is 2. The van der Waals surface area contributed by atoms with Gasteiger partial charge in [0.15, 0.2) is 0 Å². The molecule has 0 radical (unpaired) electrons. The van der Waals surface area contributed by atoms with Gasteiger partial charge >= 0.3 is 0 Å². The highest BCUT2D eigenvalue weighted by molar-refractivity contribution is 5.39. The zero-order valence-corrected chi connectivity index (χ0v) is 9.08. The third-order valence-electron chi connectivity index (χ3n) is 3.03. The molecule has 2 N–H and O–H groups in total. The molecule has 1 unspecified atom stereocenters. The standard InChI is InChI=1S/C11H19N3/c1-3-4-9-11(12)14-6-5-8(2)7-10(14)13-9/h8H,3-7,12H2,1-2H3. The fraction of sp³-hybridized carbons (Fsp3) is 0.727. The summed E-state index contributed by atoms with van der Waals surface area (Å²) in [6.07, 6.45) is 4.46. The minimum Gasteiger partial charge on any atom is -0.384 e. The number of fused-ring (bicyclic) bond motifs is 1. The van der Waals surface area contributed by atoms with Gasteiger partial charge in [-0.25, -0.2) is 4.98 Å². The molecule has 2 rings (SSSR count). The van der Waals surface area contributed by atoms with Gasteiger partial charge < -0.3 is 10.3 Å². The monoisotopic (exact) mass is 193 g/mol. The number of hydrogen-bond donors (Lipinski definition) is 1. The molecule has 0 bridgehead atoms. The lowest BCUT2D eigenvalue weighted by Crippen LogP contribution is -2.18. The van der Waals surface area contributed by atoms with Crippen molar-refractivity contribution in [3.8, 4) is 0 Å². The molecule has 3 heteroatoms. The van der Waals surface area contributed by atoms with Gasteiger partial charge in [0, 0.05) is 13.0 Å². The van der Waals surface area contributed by atoms with Crippen LogP contribution in [0.1, 0.15) is 38.2 Å². The van der Waals surface area contributed by atoms with Crippen molar-refractivity contribution in [1.29, 1.82) is 0 Å². The van der Waals surface area contributed by atoms with E-state index >= 15 is 0 Å². The number of nitrogen functional groups attached to an aromatic ring is 1. The summed E-state index contributed by atoms with van der Waals surface area (Å²) in [6, 6.07) is 0. The summed E-state index contributed by atoms with van der Waals surface area (Å²) < 4.78 is 2.20. The van der Waals surface area contributed by atoms with Crippen LogP contribution in [0.5, 0.6) is 0 Å². The Morgan fingerprint density at radius 2 is 2.36 bits per heavy atom. The lowest BCUT2D eigenvalue weighted by atomic mass is 10.0. The number of rotatable bonds is 2. The van der Waals surface area contributed by atoms with Crippen molar-refractivity contribution >= 4 is 5.82 Å². The number of anilines is 1. The summed E-state index contributed by atoms with van der Waals surface area (Å²) >= 11 is 0. The maximum atomic E-state index is 6.06. The van der Waals surface area contributed by atoms with Gasteiger partial charge in [-0.05, 0) is 18.8 Å². The van der Waals surface area contributed by atoms with E-state index in [9.17, 15) is 0 Å². The highest BCUT2D eigenvalue weighted by Crippen LogP contribution is 2.25. The molecule has 0 saturated heterocycles. The molecule has 1 aliphatic rings. The van der Waals surface area contributed by atoms with Crippen molar-refractivity contribution in [1.82, 2.24) is 9.55 Å². The van der Waals surface area contributed by atoms with Crippen LogP contribution in [-0.2, 0) is 19.4 Å². The topological polar surface area (TPSA) is 43.8 Å². The summed E-state index contributed by atoms with van der Waals surface area (Å²) in [5.74, 6) is 2.87. The summed E-state index contributed by atoms with van der Waals surface area (Å²) in [5, 5.41) is 0. The fourth-order valence-corrected chi connectivity index (χ4v) is 2.16. The van der Waals surface area contributed by atoms with Gasteiger partial charge in [-0.1, -0.05) is 20.3 Å². The molecule has 0 saturated carbocycles. The molecule has 0 amide bonds. The van der Waals surface area contributed by atoms with Crippen LogP contribution in [-0.4, -0.2) is 9.55 Å². The molecule has 14 heavy (non-hydrogen) atoms. The SMILES string of the molecule is CCCc1nc2n(c1N)CCC(C)C2. The molecule has 78 valence electrons. The number of aryl methyl sites for hydroxylation is 1. The maximum Gasteiger partial charge on any atom is 0.126 e. The molecule has 1 aromatic rings. The van der Waals surface area contributed by atoms with E-state index in [1.807, 2.05) is 0 Å². The second-order valence-electron chi connectivity index (χ2n) is 4.36. The Labute approximate surface area is 85.3 Å². The van der Waals surface area contributed by atoms with Crippen LogP contribution in [0.4, 0.5) is 5.82 Å². The first kappa shape index (κ1) is 9.56. The van der Waals surface area contributed by atoms with Crippen molar-refractivity contribution in [3.63, 3.8) is 0 Å². The van der Waals surface area contributed by atoms with Crippen LogP contribution in [0.3, 0.4) is 0 Å². The molecule has 1 aliphatic heterocycles. The van der Waals surface area contributed by atoms with E-state index in [-0.39, 0.29) is 0 Å². The summed E-state index contributed by atoms with van der Waals surface area (Å²) in [7, 11) is 0. The molecule has 1 aromatic heterocycles. The van der Waals surface area contributed by atoms with E-state index in [1.165, 1.54) is 12.2 Å². The van der Waals surface area contributed by atoms with Crippen molar-refractivity contribution in [2.45, 2.75) is 46.1 Å². The average Bonchev–Trinajstić information content (AvgIpc) is 2.44. The first-order chi connectivity index (χ1) is 6.72. The van der Waals surface area contributed by atoms with Crippen molar-refractivity contribution in [3.05, 3.63) is 11.5 Å². The van der Waals surface area contributed by atoms with Gasteiger partial charge in [0.2, 0.25) is 0 Å². The van der Waals surface area contributed by atoms with Crippen LogP contribution >= 0.6 is 0 Å². The Morgan fingerprint density at radius 3 is 3.07 bits per heavy atom. The molecular formula is C11H19N3. The van der Waals surface area contributed by atoms with E-state index in [0.717, 1.165) is 43.2 Å². The van der Waals surface area contributed by atoms with Crippen LogP contribution in [0.2, 0.25) is 0 Å². The van der Waals surface area contributed by atoms with Gasteiger partial charge in [0.1, 0.15) is 11.6 Å². The molecule has 1 atom stereocenters. The predicted octanol–water partition coefficient (Wildman–Crippen LogP) is 2.00. The number of aromatic nitrogens is 2. The molecule has 2 heterocycles. The second-order valence-corrected chi connectivity index (χ2v) is 4.36. The number of nitrogens with zero attached hydrogens (tertiary/aromatic N) is 2. The molecular weight excluding hydrogens is 174 g/mol. The maximum absolute atomic E-state index is 6.06. The summed E-state index contributed by atoms with van der Waals surface area (Å²) in [6.45, 7) is 5.51. The van der Waals surface area contributed by atoms with E-state index < -0.39 is 0 Å². The molecule has 3 nitrogen and oxygen atoms in total. The van der Waals surface area contributed by atoms with Gasteiger partial charge in [0.05, 0.1) is 5.69 Å². The smallest absolute Gasteiger partial charge is 0.126 e. The van der Waals surface area contributed by atoms with Crippen molar-refractivity contribution in [2.75, 3.05) is 5.73 Å². The fourth-order valence-electron chi connectivity index (χ4n) is 2.16. The minimum atomic E-state index is 0.763.